The lowest BCUT2D eigenvalue weighted by molar-refractivity contribution is -0.0452. The number of piperidine rings is 1. The van der Waals surface area contributed by atoms with Gasteiger partial charge in [-0.25, -0.2) is 13.6 Å². The number of fused-ring (bicyclic) bond motifs is 1. The van der Waals surface area contributed by atoms with Gasteiger partial charge in [0.1, 0.15) is 5.60 Å². The minimum Gasteiger partial charge on any atom is -0.444 e. The number of nitrogens with one attached hydrogen (secondary N) is 1. The number of likely N-dealkylation sites (tertiary alicyclic amines) is 1. The highest BCUT2D eigenvalue weighted by atomic mass is 35.5. The third kappa shape index (κ3) is 6.44. The highest BCUT2D eigenvalue weighted by molar-refractivity contribution is 6.35. The standard InChI is InChI=1S/C27H34ClF2N3O3/c1-26(2,3)36-25(35)33-14-10-18(11-15-33)21-6-4-19-22(32-21)7-5-20(28)23(19)24(34)31-16-17-8-12-27(29,30)13-9-17/h4-7,17-18H,8-16H2,1-3H3,(H,31,34). The second kappa shape index (κ2) is 10.5. The van der Waals surface area contributed by atoms with Crippen molar-refractivity contribution in [3.63, 3.8) is 0 Å². The van der Waals surface area contributed by atoms with E-state index in [9.17, 15) is 18.4 Å². The molecule has 2 aliphatic rings. The van der Waals surface area contributed by atoms with Crippen molar-refractivity contribution in [2.75, 3.05) is 19.6 Å². The summed E-state index contributed by atoms with van der Waals surface area (Å²) in [4.78, 5) is 31.9. The molecular weight excluding hydrogens is 488 g/mol. The van der Waals surface area contributed by atoms with Crippen LogP contribution in [0, 0.1) is 5.92 Å². The van der Waals surface area contributed by atoms with Crippen LogP contribution in [-0.2, 0) is 4.74 Å². The topological polar surface area (TPSA) is 71.5 Å². The number of hydrogen-bond donors (Lipinski definition) is 1. The van der Waals surface area contributed by atoms with Crippen molar-refractivity contribution in [2.24, 2.45) is 5.92 Å². The molecule has 2 amide bonds. The first kappa shape index (κ1) is 26.6. The van der Waals surface area contributed by atoms with E-state index in [4.69, 9.17) is 21.3 Å². The van der Waals surface area contributed by atoms with Crippen LogP contribution in [0.5, 0.6) is 0 Å². The van der Waals surface area contributed by atoms with Crippen molar-refractivity contribution in [1.82, 2.24) is 15.2 Å². The fraction of sp³-hybridized carbons (Fsp3) is 0.593. The van der Waals surface area contributed by atoms with E-state index in [2.05, 4.69) is 5.32 Å². The number of nitrogens with zero attached hydrogens (tertiary/aromatic N) is 2. The summed E-state index contributed by atoms with van der Waals surface area (Å²) < 4.78 is 32.3. The molecule has 0 unspecified atom stereocenters. The summed E-state index contributed by atoms with van der Waals surface area (Å²) in [6, 6.07) is 7.27. The Hall–Kier alpha value is -2.48. The Bertz CT molecular complexity index is 1120. The summed E-state index contributed by atoms with van der Waals surface area (Å²) in [5.41, 5.74) is 1.43. The van der Waals surface area contributed by atoms with Crippen LogP contribution in [-0.4, -0.2) is 53.0 Å². The molecule has 9 heteroatoms. The average molecular weight is 522 g/mol. The van der Waals surface area contributed by atoms with Crippen molar-refractivity contribution in [1.29, 1.82) is 0 Å². The number of aromatic nitrogens is 1. The Morgan fingerprint density at radius 1 is 1.11 bits per heavy atom. The maximum atomic E-state index is 13.4. The fourth-order valence-electron chi connectivity index (χ4n) is 4.97. The molecule has 0 atom stereocenters. The Balaban J connectivity index is 1.41. The van der Waals surface area contributed by atoms with Crippen molar-refractivity contribution >= 4 is 34.5 Å². The molecule has 1 saturated carbocycles. The molecule has 196 valence electrons. The maximum Gasteiger partial charge on any atom is 0.410 e. The number of pyridine rings is 1. The van der Waals surface area contributed by atoms with E-state index >= 15 is 0 Å². The lowest BCUT2D eigenvalue weighted by Crippen LogP contribution is -2.41. The molecule has 1 aliphatic carbocycles. The van der Waals surface area contributed by atoms with Gasteiger partial charge in [-0.1, -0.05) is 17.7 Å². The Labute approximate surface area is 215 Å². The smallest absolute Gasteiger partial charge is 0.410 e. The van der Waals surface area contributed by atoms with Crippen molar-refractivity contribution in [3.05, 3.63) is 40.5 Å². The molecule has 2 aromatic rings. The van der Waals surface area contributed by atoms with Gasteiger partial charge in [0.05, 0.1) is 16.1 Å². The lowest BCUT2D eigenvalue weighted by atomic mass is 9.87. The molecule has 6 nitrogen and oxygen atoms in total. The van der Waals surface area contributed by atoms with E-state index in [1.807, 2.05) is 32.9 Å². The first-order valence-corrected chi connectivity index (χ1v) is 13.0. The third-order valence-electron chi connectivity index (χ3n) is 7.02. The second-order valence-electron chi connectivity index (χ2n) is 11.0. The minimum absolute atomic E-state index is 0.0404. The molecule has 0 bridgehead atoms. The van der Waals surface area contributed by atoms with Crippen LogP contribution >= 0.6 is 11.6 Å². The highest BCUT2D eigenvalue weighted by Gasteiger charge is 2.35. The molecule has 2 heterocycles. The molecule has 1 aliphatic heterocycles. The minimum atomic E-state index is -2.59. The van der Waals surface area contributed by atoms with Crippen molar-refractivity contribution in [2.45, 2.75) is 76.7 Å². The number of rotatable bonds is 4. The van der Waals surface area contributed by atoms with Crippen LogP contribution in [0.25, 0.3) is 10.9 Å². The summed E-state index contributed by atoms with van der Waals surface area (Å²) >= 11 is 6.40. The van der Waals surface area contributed by atoms with E-state index in [1.165, 1.54) is 0 Å². The van der Waals surface area contributed by atoms with Crippen LogP contribution in [0.15, 0.2) is 24.3 Å². The molecule has 36 heavy (non-hydrogen) atoms. The van der Waals surface area contributed by atoms with Gasteiger partial charge in [0.25, 0.3) is 5.91 Å². The van der Waals surface area contributed by atoms with Crippen molar-refractivity contribution in [3.8, 4) is 0 Å². The monoisotopic (exact) mass is 521 g/mol. The van der Waals surface area contributed by atoms with E-state index in [0.29, 0.717) is 54.0 Å². The number of carbonyl (C=O) groups is 2. The first-order valence-electron chi connectivity index (χ1n) is 12.6. The highest BCUT2D eigenvalue weighted by Crippen LogP contribution is 2.36. The summed E-state index contributed by atoms with van der Waals surface area (Å²) in [5.74, 6) is -2.66. The Morgan fingerprint density at radius 2 is 1.78 bits per heavy atom. The lowest BCUT2D eigenvalue weighted by Gasteiger charge is -2.33. The number of benzene rings is 1. The van der Waals surface area contributed by atoms with E-state index in [1.54, 1.807) is 17.0 Å². The van der Waals surface area contributed by atoms with Crippen molar-refractivity contribution < 1.29 is 23.1 Å². The summed E-state index contributed by atoms with van der Waals surface area (Å²) in [5, 5.41) is 3.88. The number of carbonyl (C=O) groups excluding carboxylic acids is 2. The van der Waals surface area contributed by atoms with E-state index in [-0.39, 0.29) is 36.7 Å². The van der Waals surface area contributed by atoms with Gasteiger partial charge in [0, 0.05) is 49.5 Å². The zero-order chi connectivity index (χ0) is 26.1. The molecule has 1 N–H and O–H groups in total. The van der Waals surface area contributed by atoms with Gasteiger partial charge in [-0.2, -0.15) is 0 Å². The quantitative estimate of drug-likeness (QED) is 0.494. The van der Waals surface area contributed by atoms with Gasteiger partial charge < -0.3 is 15.0 Å². The zero-order valence-corrected chi connectivity index (χ0v) is 21.8. The number of amides is 2. The summed E-state index contributed by atoms with van der Waals surface area (Å²) in [6.45, 7) is 7.11. The zero-order valence-electron chi connectivity index (χ0n) is 21.1. The average Bonchev–Trinajstić information content (AvgIpc) is 2.82. The van der Waals surface area contributed by atoms with Gasteiger partial charge in [-0.15, -0.1) is 0 Å². The predicted molar refractivity (Wildman–Crippen MR) is 136 cm³/mol. The van der Waals surface area contributed by atoms with Gasteiger partial charge in [-0.3, -0.25) is 9.78 Å². The van der Waals surface area contributed by atoms with Gasteiger partial charge in [-0.05, 0) is 70.6 Å². The largest absolute Gasteiger partial charge is 0.444 e. The number of alkyl halides is 2. The van der Waals surface area contributed by atoms with Gasteiger partial charge in [0.2, 0.25) is 5.92 Å². The second-order valence-corrected chi connectivity index (χ2v) is 11.4. The Morgan fingerprint density at radius 3 is 2.42 bits per heavy atom. The van der Waals surface area contributed by atoms with Gasteiger partial charge >= 0.3 is 6.09 Å². The van der Waals surface area contributed by atoms with Crippen LogP contribution in [0.1, 0.15) is 81.3 Å². The third-order valence-corrected chi connectivity index (χ3v) is 7.34. The molecule has 0 spiro atoms. The Kier molecular flexibility index (Phi) is 7.74. The molecule has 1 aromatic heterocycles. The van der Waals surface area contributed by atoms with E-state index in [0.717, 1.165) is 18.5 Å². The maximum absolute atomic E-state index is 13.4. The number of halogens is 3. The molecular formula is C27H34ClF2N3O3. The number of hydrogen-bond acceptors (Lipinski definition) is 4. The summed E-state index contributed by atoms with van der Waals surface area (Å²) in [6.07, 6.45) is 1.79. The molecule has 1 aromatic carbocycles. The molecule has 0 radical (unpaired) electrons. The molecule has 2 fully saturated rings. The normalized spacial score (nSPS) is 19.3. The molecule has 1 saturated heterocycles. The number of ether oxygens (including phenoxy) is 1. The predicted octanol–water partition coefficient (Wildman–Crippen LogP) is 6.56. The fourth-order valence-corrected chi connectivity index (χ4v) is 5.22. The van der Waals surface area contributed by atoms with Crippen LogP contribution in [0.2, 0.25) is 5.02 Å². The van der Waals surface area contributed by atoms with Crippen LogP contribution < -0.4 is 5.32 Å². The van der Waals surface area contributed by atoms with E-state index < -0.39 is 11.5 Å². The van der Waals surface area contributed by atoms with Crippen LogP contribution in [0.3, 0.4) is 0 Å². The molecule has 4 rings (SSSR count). The summed E-state index contributed by atoms with van der Waals surface area (Å²) in [7, 11) is 0. The first-order chi connectivity index (χ1) is 16.9. The van der Waals surface area contributed by atoms with Crippen LogP contribution in [0.4, 0.5) is 13.6 Å². The SMILES string of the molecule is CC(C)(C)OC(=O)N1CCC(c2ccc3c(C(=O)NCC4CCC(F)(F)CC4)c(Cl)ccc3n2)CC1. The van der Waals surface area contributed by atoms with Gasteiger partial charge in [0.15, 0.2) is 0 Å².